The molecule has 12 heteroatoms. The van der Waals surface area contributed by atoms with Crippen molar-refractivity contribution in [1.82, 2.24) is 19.9 Å². The number of aromatic nitrogens is 4. The van der Waals surface area contributed by atoms with E-state index in [-0.39, 0.29) is 22.7 Å². The Morgan fingerprint density at radius 2 is 1.89 bits per heavy atom. The number of halogens is 5. The van der Waals surface area contributed by atoms with Crippen molar-refractivity contribution in [3.63, 3.8) is 0 Å². The van der Waals surface area contributed by atoms with Crippen molar-refractivity contribution in [1.29, 1.82) is 0 Å². The Bertz CT molecular complexity index is 1340. The maximum atomic E-state index is 13.6. The van der Waals surface area contributed by atoms with Crippen LogP contribution in [-0.2, 0) is 12.1 Å². The summed E-state index contributed by atoms with van der Waals surface area (Å²) in [5.74, 6) is -3.78. The third kappa shape index (κ3) is 5.20. The van der Waals surface area contributed by atoms with Gasteiger partial charge in [-0.05, 0) is 30.7 Å². The van der Waals surface area contributed by atoms with Crippen molar-refractivity contribution in [3.05, 3.63) is 83.4 Å². The summed E-state index contributed by atoms with van der Waals surface area (Å²) in [4.78, 5) is 16.6. The van der Waals surface area contributed by atoms with E-state index in [0.717, 1.165) is 12.1 Å². The average molecular weight is 491 g/mol. The predicted molar refractivity (Wildman–Crippen MR) is 115 cm³/mol. The number of anilines is 1. The molecule has 3 heterocycles. The molecule has 0 aliphatic carbocycles. The number of alkyl halides is 5. The largest absolute Gasteiger partial charge is 0.416 e. The molecule has 0 radical (unpaired) electrons. The summed E-state index contributed by atoms with van der Waals surface area (Å²) in [5, 5.41) is 10.3. The maximum absolute atomic E-state index is 13.6. The number of pyridine rings is 1. The second kappa shape index (κ2) is 8.93. The van der Waals surface area contributed by atoms with Crippen LogP contribution < -0.4 is 5.32 Å². The highest BCUT2D eigenvalue weighted by Gasteiger charge is 2.37. The van der Waals surface area contributed by atoms with Crippen LogP contribution in [-0.4, -0.2) is 25.8 Å². The molecule has 0 aliphatic rings. The maximum Gasteiger partial charge on any atom is 0.416 e. The fraction of sp³-hybridized carbons (Fsp3) is 0.217. The Morgan fingerprint density at radius 3 is 2.54 bits per heavy atom. The molecule has 0 bridgehead atoms. The molecule has 0 saturated carbocycles. The van der Waals surface area contributed by atoms with Crippen LogP contribution in [0.1, 0.15) is 47.1 Å². The van der Waals surface area contributed by atoms with E-state index in [1.165, 1.54) is 30.1 Å². The van der Waals surface area contributed by atoms with Gasteiger partial charge in [-0.1, -0.05) is 23.4 Å². The number of amides is 1. The minimum absolute atomic E-state index is 0.0399. The molecule has 0 aliphatic heterocycles. The second-order valence-electron chi connectivity index (χ2n) is 7.82. The van der Waals surface area contributed by atoms with Crippen LogP contribution in [0.5, 0.6) is 0 Å². The molecular formula is C23H18F5N5O2. The first-order chi connectivity index (χ1) is 16.4. The van der Waals surface area contributed by atoms with Gasteiger partial charge in [0.05, 0.1) is 23.5 Å². The van der Waals surface area contributed by atoms with Crippen molar-refractivity contribution in [2.24, 2.45) is 0 Å². The molecule has 0 saturated heterocycles. The molecule has 0 fully saturated rings. The fourth-order valence-corrected chi connectivity index (χ4v) is 3.40. The standard InChI is InChI=1S/C23H18F5N5O2/c1-13(16-7-6-14(22(2,24)25)9-17(16)23(26,27)28)33-12-15(11-30-33)31-21(34)19-10-20(35-32-19)18-5-3-4-8-29-18/h3-13H,1-2H3,(H,31,34)/t13-/m1/s1. The van der Waals surface area contributed by atoms with Crippen LogP contribution in [0.3, 0.4) is 0 Å². The topological polar surface area (TPSA) is 85.8 Å². The highest BCUT2D eigenvalue weighted by Crippen LogP contribution is 2.39. The first-order valence-corrected chi connectivity index (χ1v) is 10.3. The SMILES string of the molecule is C[C@H](c1ccc(C(C)(F)F)cc1C(F)(F)F)n1cc(NC(=O)c2cc(-c3ccccn3)on2)cn1. The number of carbonyl (C=O) groups is 1. The van der Waals surface area contributed by atoms with Gasteiger partial charge in [0.1, 0.15) is 5.69 Å². The highest BCUT2D eigenvalue weighted by molar-refractivity contribution is 6.03. The molecule has 0 unspecified atom stereocenters. The fourth-order valence-electron chi connectivity index (χ4n) is 3.40. The summed E-state index contributed by atoms with van der Waals surface area (Å²) >= 11 is 0. The van der Waals surface area contributed by atoms with Crippen LogP contribution in [0.15, 0.2) is 65.6 Å². The third-order valence-corrected chi connectivity index (χ3v) is 5.23. The molecule has 7 nitrogen and oxygen atoms in total. The summed E-state index contributed by atoms with van der Waals surface area (Å²) in [6.45, 7) is 1.96. The Morgan fingerprint density at radius 1 is 1.11 bits per heavy atom. The Balaban J connectivity index is 1.54. The lowest BCUT2D eigenvalue weighted by Crippen LogP contribution is -2.18. The van der Waals surface area contributed by atoms with E-state index in [1.807, 2.05) is 0 Å². The van der Waals surface area contributed by atoms with Gasteiger partial charge in [0.15, 0.2) is 11.5 Å². The van der Waals surface area contributed by atoms with Gasteiger partial charge in [0.25, 0.3) is 11.8 Å². The molecular weight excluding hydrogens is 473 g/mol. The number of hydrogen-bond donors (Lipinski definition) is 1. The van der Waals surface area contributed by atoms with E-state index in [2.05, 4.69) is 20.6 Å². The summed E-state index contributed by atoms with van der Waals surface area (Å²) in [6, 6.07) is 7.97. The summed E-state index contributed by atoms with van der Waals surface area (Å²) in [7, 11) is 0. The minimum atomic E-state index is -4.85. The Kier molecular flexibility index (Phi) is 6.14. The molecule has 182 valence electrons. The minimum Gasteiger partial charge on any atom is -0.354 e. The average Bonchev–Trinajstić information content (AvgIpc) is 3.48. The normalized spacial score (nSPS) is 13.0. The van der Waals surface area contributed by atoms with Gasteiger partial charge in [-0.2, -0.15) is 18.3 Å². The van der Waals surface area contributed by atoms with Gasteiger partial charge in [-0.25, -0.2) is 8.78 Å². The van der Waals surface area contributed by atoms with E-state index >= 15 is 0 Å². The molecule has 35 heavy (non-hydrogen) atoms. The van der Waals surface area contributed by atoms with Crippen LogP contribution in [0.2, 0.25) is 0 Å². The van der Waals surface area contributed by atoms with Crippen molar-refractivity contribution in [3.8, 4) is 11.5 Å². The Hall–Kier alpha value is -4.09. The molecule has 3 aromatic heterocycles. The van der Waals surface area contributed by atoms with Gasteiger partial charge in [-0.15, -0.1) is 0 Å². The van der Waals surface area contributed by atoms with E-state index in [0.29, 0.717) is 18.7 Å². The molecule has 0 spiro atoms. The Labute approximate surface area is 195 Å². The highest BCUT2D eigenvalue weighted by atomic mass is 19.4. The molecule has 1 amide bonds. The first-order valence-electron chi connectivity index (χ1n) is 10.3. The molecule has 1 atom stereocenters. The smallest absolute Gasteiger partial charge is 0.354 e. The van der Waals surface area contributed by atoms with Gasteiger partial charge in [0.2, 0.25) is 0 Å². The lowest BCUT2D eigenvalue weighted by atomic mass is 9.96. The van der Waals surface area contributed by atoms with Crippen molar-refractivity contribution >= 4 is 11.6 Å². The molecule has 1 N–H and O–H groups in total. The zero-order chi connectivity index (χ0) is 25.4. The zero-order valence-corrected chi connectivity index (χ0v) is 18.3. The lowest BCUT2D eigenvalue weighted by molar-refractivity contribution is -0.138. The van der Waals surface area contributed by atoms with Crippen molar-refractivity contribution in [2.75, 3.05) is 5.32 Å². The molecule has 4 aromatic rings. The molecule has 1 aromatic carbocycles. The van der Waals surface area contributed by atoms with E-state index < -0.39 is 35.2 Å². The van der Waals surface area contributed by atoms with Gasteiger partial charge in [0, 0.05) is 30.9 Å². The monoisotopic (exact) mass is 491 g/mol. The first kappa shape index (κ1) is 24.0. The third-order valence-electron chi connectivity index (χ3n) is 5.23. The van der Waals surface area contributed by atoms with E-state index in [9.17, 15) is 26.7 Å². The molecule has 4 rings (SSSR count). The number of carbonyl (C=O) groups excluding carboxylic acids is 1. The summed E-state index contributed by atoms with van der Waals surface area (Å²) in [5.41, 5.74) is -1.55. The summed E-state index contributed by atoms with van der Waals surface area (Å²) < 4.78 is 74.4. The van der Waals surface area contributed by atoms with Crippen LogP contribution in [0.25, 0.3) is 11.5 Å². The number of hydrogen-bond acceptors (Lipinski definition) is 5. The van der Waals surface area contributed by atoms with Crippen LogP contribution in [0, 0.1) is 0 Å². The zero-order valence-electron chi connectivity index (χ0n) is 18.3. The van der Waals surface area contributed by atoms with E-state index in [4.69, 9.17) is 4.52 Å². The quantitative estimate of drug-likeness (QED) is 0.338. The van der Waals surface area contributed by atoms with Gasteiger partial charge < -0.3 is 9.84 Å². The van der Waals surface area contributed by atoms with Crippen LogP contribution >= 0.6 is 0 Å². The van der Waals surface area contributed by atoms with Gasteiger partial charge in [-0.3, -0.25) is 14.5 Å². The van der Waals surface area contributed by atoms with Gasteiger partial charge >= 0.3 is 6.18 Å². The van der Waals surface area contributed by atoms with Crippen molar-refractivity contribution in [2.45, 2.75) is 32.0 Å². The van der Waals surface area contributed by atoms with E-state index in [1.54, 1.807) is 24.4 Å². The summed E-state index contributed by atoms with van der Waals surface area (Å²) in [6.07, 6.45) is -0.729. The van der Waals surface area contributed by atoms with Crippen LogP contribution in [0.4, 0.5) is 27.6 Å². The number of nitrogens with zero attached hydrogens (tertiary/aromatic N) is 4. The lowest BCUT2D eigenvalue weighted by Gasteiger charge is -2.21. The number of benzene rings is 1. The number of nitrogens with one attached hydrogen (secondary N) is 1. The number of rotatable bonds is 6. The van der Waals surface area contributed by atoms with Crippen molar-refractivity contribution < 1.29 is 31.3 Å². The second-order valence-corrected chi connectivity index (χ2v) is 7.82. The predicted octanol–water partition coefficient (Wildman–Crippen LogP) is 5.93.